The second-order valence-corrected chi connectivity index (χ2v) is 27.0. The molecule has 0 fully saturated rings. The molecule has 348 valence electrons. The first-order valence-electron chi connectivity index (χ1n) is 19.3. The number of halogens is 8. The molecule has 2 N–H and O–H groups in total. The van der Waals surface area contributed by atoms with E-state index in [1.165, 1.54) is 72.8 Å². The Morgan fingerprint density at radius 2 is 0.632 bits per heavy atom. The van der Waals surface area contributed by atoms with Crippen LogP contribution in [0.5, 0.6) is 0 Å². The largest absolute Gasteiger partial charge is 0.354 e. The van der Waals surface area contributed by atoms with Crippen LogP contribution in [-0.2, 0) is 49.0 Å². The molecule has 9 rings (SSSR count). The first kappa shape index (κ1) is 48.9. The number of rotatable bonds is 8. The monoisotopic (exact) mass is 1140 g/mol. The van der Waals surface area contributed by atoms with Gasteiger partial charge < -0.3 is 9.97 Å². The van der Waals surface area contributed by atoms with E-state index in [2.05, 4.69) is 9.97 Å². The summed E-state index contributed by atoms with van der Waals surface area (Å²) in [6, 6.07) is 22.3. The number of fused-ring (bicyclic) bond motifs is 8. The fourth-order valence-electron chi connectivity index (χ4n) is 8.03. The maximum atomic E-state index is 12.8. The second-order valence-electron chi connectivity index (χ2n) is 15.1. The molecule has 4 aromatic carbocycles. The minimum Gasteiger partial charge on any atom is -0.354 e. The van der Waals surface area contributed by atoms with Gasteiger partial charge in [0, 0.05) is 129 Å². The Morgan fingerprint density at radius 1 is 0.368 bits per heavy atom. The molecule has 12 nitrogen and oxygen atoms in total. The highest BCUT2D eigenvalue weighted by molar-refractivity contribution is 8.14. The molecule has 0 spiro atoms. The van der Waals surface area contributed by atoms with Crippen LogP contribution in [-0.4, -0.2) is 53.6 Å². The molecule has 3 aromatic heterocycles. The number of aryl methyl sites for hydroxylation is 2. The average molecular weight is 1150 g/mol. The zero-order valence-electron chi connectivity index (χ0n) is 33.6. The first-order chi connectivity index (χ1) is 31.9. The number of hydrogen-bond donors (Lipinski definition) is 2. The van der Waals surface area contributed by atoms with E-state index >= 15 is 0 Å². The van der Waals surface area contributed by atoms with Gasteiger partial charge in [-0.2, -0.15) is 0 Å². The van der Waals surface area contributed by atoms with Crippen molar-refractivity contribution in [2.24, 2.45) is 0 Å². The van der Waals surface area contributed by atoms with Gasteiger partial charge in [-0.25, -0.2) is 38.7 Å². The fourth-order valence-corrected chi connectivity index (χ4v) is 12.0. The van der Waals surface area contributed by atoms with Crippen LogP contribution in [0.25, 0.3) is 78.7 Å². The molecule has 0 saturated heterocycles. The minimum absolute atomic E-state index is 0.0971. The normalized spacial score (nSPS) is 13.3. The summed E-state index contributed by atoms with van der Waals surface area (Å²) in [5, 5.41) is 0.434. The van der Waals surface area contributed by atoms with Gasteiger partial charge in [-0.1, -0.05) is 46.4 Å². The summed E-state index contributed by atoms with van der Waals surface area (Å²) < 4.78 is 102. The van der Waals surface area contributed by atoms with E-state index in [0.717, 1.165) is 0 Å². The van der Waals surface area contributed by atoms with Gasteiger partial charge in [0.25, 0.3) is 36.2 Å². The third-order valence-corrected chi connectivity index (χ3v) is 17.7. The molecule has 68 heavy (non-hydrogen) atoms. The predicted molar refractivity (Wildman–Crippen MR) is 271 cm³/mol. The summed E-state index contributed by atoms with van der Waals surface area (Å²) in [5.41, 5.74) is 4.47. The molecule has 0 amide bonds. The van der Waals surface area contributed by atoms with E-state index in [0.29, 0.717) is 44.6 Å². The third-order valence-electron chi connectivity index (χ3n) is 11.0. The van der Waals surface area contributed by atoms with Crippen molar-refractivity contribution in [3.8, 4) is 44.5 Å². The van der Waals surface area contributed by atoms with Crippen molar-refractivity contribution in [3.63, 3.8) is 0 Å². The maximum absolute atomic E-state index is 12.8. The number of aromatic amines is 2. The third kappa shape index (κ3) is 9.43. The van der Waals surface area contributed by atoms with Crippen molar-refractivity contribution in [1.29, 1.82) is 0 Å². The lowest BCUT2D eigenvalue weighted by Gasteiger charge is -2.11. The number of aromatic nitrogens is 4. The topological polar surface area (TPSA) is 194 Å². The highest BCUT2D eigenvalue weighted by Gasteiger charge is 2.26. The van der Waals surface area contributed by atoms with Crippen molar-refractivity contribution in [2.45, 2.75) is 32.4 Å². The van der Waals surface area contributed by atoms with Gasteiger partial charge in [0.15, 0.2) is 0 Å². The van der Waals surface area contributed by atoms with Gasteiger partial charge in [0.2, 0.25) is 0 Å². The Balaban J connectivity index is 1.54. The summed E-state index contributed by atoms with van der Waals surface area (Å²) in [6.45, 7) is 0. The van der Waals surface area contributed by atoms with Gasteiger partial charge in [0.05, 0.1) is 42.4 Å². The molecule has 5 heterocycles. The second kappa shape index (κ2) is 17.9. The van der Waals surface area contributed by atoms with Crippen molar-refractivity contribution < 1.29 is 33.7 Å². The lowest BCUT2D eigenvalue weighted by Crippen LogP contribution is -1.95. The molecular weight excluding hydrogens is 1120 g/mol. The molecule has 2 aliphatic rings. The van der Waals surface area contributed by atoms with Gasteiger partial charge in [0.1, 0.15) is 0 Å². The summed E-state index contributed by atoms with van der Waals surface area (Å²) in [6.07, 6.45) is 3.64. The highest BCUT2D eigenvalue weighted by Crippen LogP contribution is 2.44. The van der Waals surface area contributed by atoms with Crippen molar-refractivity contribution in [1.82, 2.24) is 19.9 Å². The van der Waals surface area contributed by atoms with Crippen LogP contribution in [0.1, 0.15) is 22.8 Å². The number of nitrogens with zero attached hydrogens (tertiary/aromatic N) is 2. The van der Waals surface area contributed by atoms with Crippen molar-refractivity contribution >= 4 is 160 Å². The van der Waals surface area contributed by atoms with Crippen LogP contribution in [0.2, 0.25) is 20.1 Å². The smallest absolute Gasteiger partial charge is 0.261 e. The molecule has 0 unspecified atom stereocenters. The Bertz CT molecular complexity index is 3790. The van der Waals surface area contributed by atoms with E-state index in [4.69, 9.17) is 99.1 Å². The fraction of sp³-hybridized carbons (Fsp3) is 0.0455. The molecule has 0 atom stereocenters. The Kier molecular flexibility index (Phi) is 12.9. The molecular formula is C44H24Cl8N4O8S4. The Morgan fingerprint density at radius 3 is 0.912 bits per heavy atom. The zero-order chi connectivity index (χ0) is 48.8. The van der Waals surface area contributed by atoms with Crippen molar-refractivity contribution in [3.05, 3.63) is 140 Å². The van der Waals surface area contributed by atoms with Crippen LogP contribution in [0.3, 0.4) is 0 Å². The Labute approximate surface area is 426 Å². The van der Waals surface area contributed by atoms with Gasteiger partial charge >= 0.3 is 0 Å². The van der Waals surface area contributed by atoms with Gasteiger partial charge in [-0.3, -0.25) is 4.98 Å². The van der Waals surface area contributed by atoms with Gasteiger partial charge in [-0.05, 0) is 122 Å². The first-order valence-corrected chi connectivity index (χ1v) is 30.1. The molecule has 8 bridgehead atoms. The molecule has 2 aliphatic heterocycles. The molecule has 0 saturated carbocycles. The molecule has 0 radical (unpaired) electrons. The maximum Gasteiger partial charge on any atom is 0.261 e. The van der Waals surface area contributed by atoms with Crippen LogP contribution < -0.4 is 0 Å². The quantitative estimate of drug-likeness (QED) is 0.138. The molecule has 24 heteroatoms. The Hall–Kier alpha value is -4.14. The number of nitrogens with one attached hydrogen (secondary N) is 2. The van der Waals surface area contributed by atoms with E-state index < -0.39 is 36.2 Å². The summed E-state index contributed by atoms with van der Waals surface area (Å²) in [5.74, 6) is 0. The van der Waals surface area contributed by atoms with Crippen LogP contribution in [0.15, 0.2) is 117 Å². The van der Waals surface area contributed by atoms with Crippen LogP contribution in [0.4, 0.5) is 0 Å². The van der Waals surface area contributed by atoms with E-state index in [1.54, 1.807) is 36.4 Å². The average Bonchev–Trinajstić information content (AvgIpc) is 4.10. The number of hydrogen-bond acceptors (Lipinski definition) is 10. The highest BCUT2D eigenvalue weighted by atomic mass is 35.7. The summed E-state index contributed by atoms with van der Waals surface area (Å²) in [4.78, 5) is 15.9. The lowest BCUT2D eigenvalue weighted by atomic mass is 10.0. The standard InChI is InChI=1S/C44H24Cl8N4O8S4/c45-29-5-1-21(65(49,57)58)17-25(29)41-33-9-11-35(53-33)42(26-18-22(66(50,59)60)2-6-30(26)46)37-13-15-39(55-37)44(28-20-24(68(52,63)64)4-8-32(28)48)40-16-14-38(56-40)43(36-12-10-34(41)54-36)27-19-23(67(51,61)62)3-7-31(27)47/h1-13,15,17-20,54-55H,14,16H2. The SMILES string of the molecule is O=S(=O)(Cl)c1ccc(Cl)c(-c2c3nc(c(-c4cc(S(=O)(=O)Cl)ccc4Cl)c4ccc([nH]4)c(-c4cc(S(=O)(=O)Cl)ccc4Cl)c4nc(c(-c5cc(S(=O)(=O)Cl)ccc5Cl)c5ccc2[nH]5)CC4)C=C3)c1. The zero-order valence-corrected chi connectivity index (χ0v) is 42.9. The summed E-state index contributed by atoms with van der Waals surface area (Å²) >= 11 is 27.6. The minimum atomic E-state index is -4.30. The number of H-pyrrole nitrogens is 2. The van der Waals surface area contributed by atoms with Crippen molar-refractivity contribution in [2.75, 3.05) is 0 Å². The van der Waals surface area contributed by atoms with E-state index in [1.807, 2.05) is 0 Å². The predicted octanol–water partition coefficient (Wildman–Crippen LogP) is 13.3. The van der Waals surface area contributed by atoms with E-state index in [-0.39, 0.29) is 97.3 Å². The summed E-state index contributed by atoms with van der Waals surface area (Å²) in [7, 11) is 6.25. The lowest BCUT2D eigenvalue weighted by molar-refractivity contribution is 0.608. The van der Waals surface area contributed by atoms with Gasteiger partial charge in [-0.15, -0.1) is 0 Å². The molecule has 7 aromatic rings. The van der Waals surface area contributed by atoms with Crippen LogP contribution >= 0.6 is 89.1 Å². The number of benzene rings is 4. The molecule has 0 aliphatic carbocycles. The van der Waals surface area contributed by atoms with E-state index in [9.17, 15) is 33.7 Å². The van der Waals surface area contributed by atoms with Crippen LogP contribution in [0, 0.1) is 0 Å².